The van der Waals surface area contributed by atoms with Gasteiger partial charge in [0.05, 0.1) is 10.6 Å². The Morgan fingerprint density at radius 3 is 2.25 bits per heavy atom. The van der Waals surface area contributed by atoms with Crippen LogP contribution in [-0.4, -0.2) is 32.3 Å². The second-order valence-electron chi connectivity index (χ2n) is 6.78. The van der Waals surface area contributed by atoms with E-state index in [0.717, 1.165) is 11.6 Å². The van der Waals surface area contributed by atoms with E-state index in [1.165, 1.54) is 35.6 Å². The first-order valence-electron chi connectivity index (χ1n) is 9.35. The number of hydrogen-bond donors (Lipinski definition) is 1. The highest BCUT2D eigenvalue weighted by molar-refractivity contribution is 7.89. The van der Waals surface area contributed by atoms with Crippen LogP contribution in [0.3, 0.4) is 0 Å². The summed E-state index contributed by atoms with van der Waals surface area (Å²) < 4.78 is 71.7. The van der Waals surface area contributed by atoms with E-state index in [4.69, 9.17) is 4.74 Å². The Labute approximate surface area is 183 Å². The smallest absolute Gasteiger partial charge is 0.262 e. The van der Waals surface area contributed by atoms with Crippen LogP contribution in [0.15, 0.2) is 71.6 Å². The van der Waals surface area contributed by atoms with Gasteiger partial charge in [-0.15, -0.1) is 0 Å². The lowest BCUT2D eigenvalue weighted by Crippen LogP contribution is -2.26. The first-order valence-corrected chi connectivity index (χ1v) is 10.8. The highest BCUT2D eigenvalue weighted by Crippen LogP contribution is 2.21. The summed E-state index contributed by atoms with van der Waals surface area (Å²) in [6.45, 7) is -0.361. The standard InChI is InChI=1S/C22H19F3N2O4S/c1-27(13-15-5-3-2-4-6-15)32(29,30)17-9-7-16(8-10-17)31-14-20(28)26-19-12-11-18(23)21(24)22(19)25/h2-12H,13-14H2,1H3,(H,26,28). The molecule has 0 saturated heterocycles. The summed E-state index contributed by atoms with van der Waals surface area (Å²) in [5, 5.41) is 2.07. The fourth-order valence-electron chi connectivity index (χ4n) is 2.77. The third kappa shape index (κ3) is 5.45. The Bertz CT molecular complexity index is 1200. The van der Waals surface area contributed by atoms with Gasteiger partial charge in [0.2, 0.25) is 10.0 Å². The van der Waals surface area contributed by atoms with Gasteiger partial charge in [-0.2, -0.15) is 4.31 Å². The maximum Gasteiger partial charge on any atom is 0.262 e. The largest absolute Gasteiger partial charge is 0.484 e. The molecule has 3 aromatic rings. The summed E-state index contributed by atoms with van der Waals surface area (Å²) >= 11 is 0. The van der Waals surface area contributed by atoms with E-state index in [9.17, 15) is 26.4 Å². The summed E-state index contributed by atoms with van der Waals surface area (Å²) in [4.78, 5) is 11.9. The molecule has 0 aliphatic heterocycles. The van der Waals surface area contributed by atoms with Crippen molar-refractivity contribution in [3.8, 4) is 5.75 Å². The van der Waals surface area contributed by atoms with Crippen LogP contribution in [0.5, 0.6) is 5.75 Å². The Hall–Kier alpha value is -3.37. The zero-order valence-corrected chi connectivity index (χ0v) is 17.7. The van der Waals surface area contributed by atoms with E-state index < -0.39 is 45.7 Å². The molecule has 0 aliphatic rings. The van der Waals surface area contributed by atoms with Gasteiger partial charge in [0.15, 0.2) is 24.1 Å². The van der Waals surface area contributed by atoms with Gasteiger partial charge < -0.3 is 10.1 Å². The maximum absolute atomic E-state index is 13.6. The minimum absolute atomic E-state index is 0.0385. The molecule has 32 heavy (non-hydrogen) atoms. The molecule has 0 aromatic heterocycles. The summed E-state index contributed by atoms with van der Waals surface area (Å²) in [6.07, 6.45) is 0. The predicted molar refractivity (Wildman–Crippen MR) is 112 cm³/mol. The molecule has 1 N–H and O–H groups in total. The highest BCUT2D eigenvalue weighted by Gasteiger charge is 2.21. The lowest BCUT2D eigenvalue weighted by atomic mass is 10.2. The second kappa shape index (κ2) is 9.84. The molecule has 0 saturated carbocycles. The van der Waals surface area contributed by atoms with Crippen LogP contribution < -0.4 is 10.1 Å². The lowest BCUT2D eigenvalue weighted by Gasteiger charge is -2.17. The summed E-state index contributed by atoms with van der Waals surface area (Å²) in [7, 11) is -2.28. The van der Waals surface area contributed by atoms with Crippen molar-refractivity contribution in [3.05, 3.63) is 89.7 Å². The fraction of sp³-hybridized carbons (Fsp3) is 0.136. The van der Waals surface area contributed by atoms with E-state index in [1.807, 2.05) is 30.3 Å². The number of nitrogens with zero attached hydrogens (tertiary/aromatic N) is 1. The molecule has 3 rings (SSSR count). The number of hydrogen-bond acceptors (Lipinski definition) is 4. The number of carbonyl (C=O) groups excluding carboxylic acids is 1. The number of nitrogens with one attached hydrogen (secondary N) is 1. The van der Waals surface area contributed by atoms with Gasteiger partial charge in [0.1, 0.15) is 5.75 Å². The Balaban J connectivity index is 1.59. The third-order valence-electron chi connectivity index (χ3n) is 4.46. The number of anilines is 1. The summed E-state index contributed by atoms with van der Waals surface area (Å²) in [5.41, 5.74) is 0.308. The SMILES string of the molecule is CN(Cc1ccccc1)S(=O)(=O)c1ccc(OCC(=O)Nc2ccc(F)c(F)c2F)cc1. The van der Waals surface area contributed by atoms with Crippen LogP contribution in [0, 0.1) is 17.5 Å². The van der Waals surface area contributed by atoms with Crippen LogP contribution in [0.1, 0.15) is 5.56 Å². The average Bonchev–Trinajstić information content (AvgIpc) is 2.79. The molecule has 0 atom stereocenters. The maximum atomic E-state index is 13.6. The molecule has 0 bridgehead atoms. The average molecular weight is 464 g/mol. The van der Waals surface area contributed by atoms with Crippen molar-refractivity contribution in [2.24, 2.45) is 0 Å². The van der Waals surface area contributed by atoms with Crippen LogP contribution in [0.25, 0.3) is 0 Å². The quantitative estimate of drug-likeness (QED) is 0.513. The van der Waals surface area contributed by atoms with E-state index >= 15 is 0 Å². The normalized spacial score (nSPS) is 11.4. The zero-order valence-electron chi connectivity index (χ0n) is 16.9. The molecular formula is C22H19F3N2O4S. The summed E-state index contributed by atoms with van der Waals surface area (Å²) in [6, 6.07) is 16.1. The van der Waals surface area contributed by atoms with Crippen molar-refractivity contribution in [1.82, 2.24) is 4.31 Å². The van der Waals surface area contributed by atoms with Crippen molar-refractivity contribution >= 4 is 21.6 Å². The van der Waals surface area contributed by atoms with Crippen LogP contribution >= 0.6 is 0 Å². The molecule has 0 spiro atoms. The van der Waals surface area contributed by atoms with Gasteiger partial charge in [0, 0.05) is 13.6 Å². The number of ether oxygens (including phenoxy) is 1. The van der Waals surface area contributed by atoms with E-state index in [2.05, 4.69) is 5.32 Å². The van der Waals surface area contributed by atoms with Gasteiger partial charge in [-0.1, -0.05) is 30.3 Å². The first kappa shape index (κ1) is 23.3. The molecule has 168 valence electrons. The Morgan fingerprint density at radius 1 is 0.938 bits per heavy atom. The number of carbonyl (C=O) groups is 1. The molecule has 1 amide bonds. The van der Waals surface area contributed by atoms with Crippen LogP contribution in [-0.2, 0) is 21.4 Å². The van der Waals surface area contributed by atoms with Crippen molar-refractivity contribution < 1.29 is 31.1 Å². The Kier molecular flexibility index (Phi) is 7.16. The van der Waals surface area contributed by atoms with Gasteiger partial charge in [-0.3, -0.25) is 4.79 Å². The van der Waals surface area contributed by atoms with Crippen molar-refractivity contribution in [1.29, 1.82) is 0 Å². The van der Waals surface area contributed by atoms with Crippen molar-refractivity contribution in [3.63, 3.8) is 0 Å². The van der Waals surface area contributed by atoms with Crippen molar-refractivity contribution in [2.75, 3.05) is 19.0 Å². The second-order valence-corrected chi connectivity index (χ2v) is 8.82. The molecule has 10 heteroatoms. The van der Waals surface area contributed by atoms with Gasteiger partial charge in [0.25, 0.3) is 5.91 Å². The van der Waals surface area contributed by atoms with Gasteiger partial charge in [-0.05, 0) is 42.0 Å². The van der Waals surface area contributed by atoms with Crippen LogP contribution in [0.4, 0.5) is 18.9 Å². The number of rotatable bonds is 8. The molecule has 0 unspecified atom stereocenters. The van der Waals surface area contributed by atoms with Crippen LogP contribution in [0.2, 0.25) is 0 Å². The number of amides is 1. The monoisotopic (exact) mass is 464 g/mol. The lowest BCUT2D eigenvalue weighted by molar-refractivity contribution is -0.118. The van der Waals surface area contributed by atoms with E-state index in [0.29, 0.717) is 6.07 Å². The number of halogens is 3. The minimum atomic E-state index is -3.75. The minimum Gasteiger partial charge on any atom is -0.484 e. The molecule has 0 heterocycles. The molecule has 3 aromatic carbocycles. The number of sulfonamides is 1. The third-order valence-corrected chi connectivity index (χ3v) is 6.28. The van der Waals surface area contributed by atoms with Gasteiger partial charge >= 0.3 is 0 Å². The predicted octanol–water partition coefficient (Wildman–Crippen LogP) is 3.94. The Morgan fingerprint density at radius 2 is 1.59 bits per heavy atom. The fourth-order valence-corrected chi connectivity index (χ4v) is 3.93. The molecular weight excluding hydrogens is 445 g/mol. The molecule has 0 aliphatic carbocycles. The first-order chi connectivity index (χ1) is 15.2. The molecule has 0 radical (unpaired) electrons. The van der Waals surface area contributed by atoms with Gasteiger partial charge in [-0.25, -0.2) is 21.6 Å². The summed E-state index contributed by atoms with van der Waals surface area (Å²) in [5.74, 6) is -5.21. The van der Waals surface area contributed by atoms with Crippen molar-refractivity contribution in [2.45, 2.75) is 11.4 Å². The topological polar surface area (TPSA) is 75.7 Å². The zero-order chi connectivity index (χ0) is 23.3. The number of benzene rings is 3. The van der Waals surface area contributed by atoms with E-state index in [-0.39, 0.29) is 17.2 Å². The molecule has 6 nitrogen and oxygen atoms in total. The molecule has 0 fully saturated rings. The van der Waals surface area contributed by atoms with E-state index in [1.54, 1.807) is 0 Å². The highest BCUT2D eigenvalue weighted by atomic mass is 32.2.